The number of ether oxygens (including phenoxy) is 1. The molecule has 0 fully saturated rings. The van der Waals surface area contributed by atoms with Gasteiger partial charge in [-0.25, -0.2) is 4.68 Å². The van der Waals surface area contributed by atoms with Crippen LogP contribution in [-0.4, -0.2) is 33.8 Å². The molecule has 6 nitrogen and oxygen atoms in total. The Morgan fingerprint density at radius 2 is 1.93 bits per heavy atom. The van der Waals surface area contributed by atoms with Crippen molar-refractivity contribution in [1.82, 2.24) is 14.8 Å². The van der Waals surface area contributed by atoms with E-state index in [4.69, 9.17) is 4.74 Å². The average molecular weight is 420 g/mol. The number of rotatable bonds is 4. The van der Waals surface area contributed by atoms with E-state index < -0.39 is 29.3 Å². The molecule has 2 aromatic heterocycles. The second-order valence-corrected chi connectivity index (χ2v) is 7.64. The van der Waals surface area contributed by atoms with E-state index in [-0.39, 0.29) is 10.8 Å². The number of fused-ring (bicyclic) bond motifs is 1. The van der Waals surface area contributed by atoms with Crippen LogP contribution in [0.25, 0.3) is 0 Å². The van der Waals surface area contributed by atoms with E-state index in [1.54, 1.807) is 37.3 Å². The standard InChI is InChI=1S/C19H15F3N4O2S/c1-10-3-8-13(29-10)16(27)14-15(11-4-6-12(28-2)7-5-11)26-18(23-9-24-26)25-17(14)19(20,21)22/h3-9,15H,1-2H3,(H,23,24,25). The topological polar surface area (TPSA) is 69.0 Å². The molecule has 1 atom stereocenters. The number of Topliss-reactive ketones (excluding diaryl/α,β-unsaturated/α-hetero) is 1. The molecule has 3 aromatic rings. The van der Waals surface area contributed by atoms with Gasteiger partial charge in [0.15, 0.2) is 0 Å². The zero-order valence-corrected chi connectivity index (χ0v) is 16.1. The number of aromatic nitrogens is 3. The summed E-state index contributed by atoms with van der Waals surface area (Å²) in [4.78, 5) is 18.2. The second kappa shape index (κ2) is 7.03. The van der Waals surface area contributed by atoms with Crippen molar-refractivity contribution in [2.45, 2.75) is 19.1 Å². The van der Waals surface area contributed by atoms with Crippen LogP contribution < -0.4 is 10.1 Å². The van der Waals surface area contributed by atoms with Gasteiger partial charge in [0.25, 0.3) is 0 Å². The summed E-state index contributed by atoms with van der Waals surface area (Å²) in [6.45, 7) is 1.79. The highest BCUT2D eigenvalue weighted by atomic mass is 32.1. The number of methoxy groups -OCH3 is 1. The minimum absolute atomic E-state index is 0.0861. The van der Waals surface area contributed by atoms with Crippen LogP contribution >= 0.6 is 11.3 Å². The molecule has 29 heavy (non-hydrogen) atoms. The quantitative estimate of drug-likeness (QED) is 0.635. The normalized spacial score (nSPS) is 16.4. The minimum Gasteiger partial charge on any atom is -0.497 e. The first-order valence-corrected chi connectivity index (χ1v) is 9.34. The number of thiophene rings is 1. The van der Waals surface area contributed by atoms with Gasteiger partial charge in [-0.2, -0.15) is 23.3 Å². The summed E-state index contributed by atoms with van der Waals surface area (Å²) in [6.07, 6.45) is -3.63. The largest absolute Gasteiger partial charge is 0.497 e. The van der Waals surface area contributed by atoms with E-state index in [9.17, 15) is 18.0 Å². The third kappa shape index (κ3) is 3.39. The third-order valence-electron chi connectivity index (χ3n) is 4.52. The molecular formula is C19H15F3N4O2S. The second-order valence-electron chi connectivity index (χ2n) is 6.35. The molecule has 4 rings (SSSR count). The van der Waals surface area contributed by atoms with Crippen LogP contribution in [0.1, 0.15) is 26.2 Å². The summed E-state index contributed by atoms with van der Waals surface area (Å²) in [6, 6.07) is 8.61. The number of hydrogen-bond acceptors (Lipinski definition) is 6. The Balaban J connectivity index is 1.94. The lowest BCUT2D eigenvalue weighted by Gasteiger charge is -2.30. The van der Waals surface area contributed by atoms with E-state index in [1.807, 2.05) is 0 Å². The number of halogens is 3. The maximum absolute atomic E-state index is 13.9. The van der Waals surface area contributed by atoms with Crippen molar-refractivity contribution in [3.63, 3.8) is 0 Å². The molecule has 1 aliphatic rings. The van der Waals surface area contributed by atoms with Gasteiger partial charge in [-0.05, 0) is 36.8 Å². The number of carbonyl (C=O) groups excluding carboxylic acids is 1. The highest BCUT2D eigenvalue weighted by Gasteiger charge is 2.46. The van der Waals surface area contributed by atoms with Gasteiger partial charge in [0.2, 0.25) is 11.7 Å². The number of hydrogen-bond donors (Lipinski definition) is 1. The number of aryl methyl sites for hydroxylation is 1. The third-order valence-corrected chi connectivity index (χ3v) is 5.52. The smallest absolute Gasteiger partial charge is 0.431 e. The van der Waals surface area contributed by atoms with Crippen molar-refractivity contribution >= 4 is 23.1 Å². The van der Waals surface area contributed by atoms with Gasteiger partial charge in [0.1, 0.15) is 23.8 Å². The lowest BCUT2D eigenvalue weighted by atomic mass is 9.91. The molecule has 0 saturated carbocycles. The summed E-state index contributed by atoms with van der Waals surface area (Å²) in [5, 5.41) is 6.32. The van der Waals surface area contributed by atoms with E-state index in [1.165, 1.54) is 17.9 Å². The summed E-state index contributed by atoms with van der Waals surface area (Å²) < 4.78 is 48.2. The fourth-order valence-corrected chi connectivity index (χ4v) is 4.03. The van der Waals surface area contributed by atoms with Crippen LogP contribution in [0.15, 0.2) is 54.0 Å². The molecule has 3 heterocycles. The molecule has 0 radical (unpaired) electrons. The Morgan fingerprint density at radius 1 is 1.21 bits per heavy atom. The van der Waals surface area contributed by atoms with Gasteiger partial charge in [-0.15, -0.1) is 11.3 Å². The molecule has 1 N–H and O–H groups in total. The van der Waals surface area contributed by atoms with Crippen LogP contribution in [0.3, 0.4) is 0 Å². The summed E-state index contributed by atoms with van der Waals surface area (Å²) in [5.41, 5.74) is -1.10. The van der Waals surface area contributed by atoms with Gasteiger partial charge >= 0.3 is 6.18 Å². The summed E-state index contributed by atoms with van der Waals surface area (Å²) in [5.74, 6) is -0.245. The highest BCUT2D eigenvalue weighted by Crippen LogP contribution is 2.42. The number of benzene rings is 1. The molecular weight excluding hydrogens is 405 g/mol. The van der Waals surface area contributed by atoms with Crippen LogP contribution in [0, 0.1) is 6.92 Å². The first kappa shape index (κ1) is 19.2. The van der Waals surface area contributed by atoms with Crippen LogP contribution in [-0.2, 0) is 0 Å². The van der Waals surface area contributed by atoms with E-state index in [0.717, 1.165) is 22.5 Å². The van der Waals surface area contributed by atoms with Crippen LogP contribution in [0.2, 0.25) is 0 Å². The summed E-state index contributed by atoms with van der Waals surface area (Å²) >= 11 is 1.14. The number of ketones is 1. The van der Waals surface area contributed by atoms with E-state index in [0.29, 0.717) is 11.3 Å². The fourth-order valence-electron chi connectivity index (χ4n) is 3.21. The number of nitrogens with one attached hydrogen (secondary N) is 1. The first-order chi connectivity index (χ1) is 13.8. The highest BCUT2D eigenvalue weighted by molar-refractivity contribution is 7.14. The predicted octanol–water partition coefficient (Wildman–Crippen LogP) is 4.37. The molecule has 150 valence electrons. The Kier molecular flexibility index (Phi) is 4.65. The number of alkyl halides is 3. The molecule has 0 bridgehead atoms. The zero-order chi connectivity index (χ0) is 20.8. The SMILES string of the molecule is COc1ccc(C2C(C(=O)c3ccc(C)s3)=C(C(F)(F)F)Nc3ncnn32)cc1. The molecule has 1 aliphatic heterocycles. The van der Waals surface area contributed by atoms with Crippen molar-refractivity contribution in [1.29, 1.82) is 0 Å². The molecule has 0 aliphatic carbocycles. The van der Waals surface area contributed by atoms with Crippen molar-refractivity contribution in [2.24, 2.45) is 0 Å². The molecule has 1 unspecified atom stereocenters. The number of nitrogens with zero attached hydrogens (tertiary/aromatic N) is 3. The maximum atomic E-state index is 13.9. The molecule has 1 aromatic carbocycles. The van der Waals surface area contributed by atoms with E-state index >= 15 is 0 Å². The molecule has 0 amide bonds. The van der Waals surface area contributed by atoms with Crippen molar-refractivity contribution in [3.8, 4) is 5.75 Å². The van der Waals surface area contributed by atoms with Gasteiger partial charge in [-0.3, -0.25) is 4.79 Å². The van der Waals surface area contributed by atoms with Crippen molar-refractivity contribution < 1.29 is 22.7 Å². The molecule has 0 saturated heterocycles. The minimum atomic E-state index is -4.78. The van der Waals surface area contributed by atoms with Gasteiger partial charge < -0.3 is 10.1 Å². The lowest BCUT2D eigenvalue weighted by Crippen LogP contribution is -2.35. The van der Waals surface area contributed by atoms with Crippen LogP contribution in [0.5, 0.6) is 5.75 Å². The molecule has 10 heteroatoms. The Hall–Kier alpha value is -3.14. The van der Waals surface area contributed by atoms with Gasteiger partial charge in [0, 0.05) is 4.88 Å². The summed E-state index contributed by atoms with van der Waals surface area (Å²) in [7, 11) is 1.49. The van der Waals surface area contributed by atoms with Crippen molar-refractivity contribution in [3.05, 3.63) is 69.3 Å². The molecule has 0 spiro atoms. The van der Waals surface area contributed by atoms with Gasteiger partial charge in [0.05, 0.1) is 17.6 Å². The Bertz CT molecular complexity index is 1100. The Morgan fingerprint density at radius 3 is 2.52 bits per heavy atom. The monoisotopic (exact) mass is 420 g/mol. The fraction of sp³-hybridized carbons (Fsp3) is 0.211. The zero-order valence-electron chi connectivity index (χ0n) is 15.3. The maximum Gasteiger partial charge on any atom is 0.431 e. The number of allylic oxidation sites excluding steroid dienone is 2. The predicted molar refractivity (Wildman–Crippen MR) is 101 cm³/mol. The van der Waals surface area contributed by atoms with Crippen molar-refractivity contribution in [2.75, 3.05) is 12.4 Å². The lowest BCUT2D eigenvalue weighted by molar-refractivity contribution is -0.0918. The van der Waals surface area contributed by atoms with E-state index in [2.05, 4.69) is 15.4 Å². The first-order valence-electron chi connectivity index (χ1n) is 8.52. The average Bonchev–Trinajstić information content (AvgIpc) is 3.34. The van der Waals surface area contributed by atoms with Gasteiger partial charge in [-0.1, -0.05) is 12.1 Å². The van der Waals surface area contributed by atoms with Crippen LogP contribution in [0.4, 0.5) is 19.1 Å². The number of carbonyl (C=O) groups is 1. The number of anilines is 1. The Labute approximate surface area is 167 Å².